The summed E-state index contributed by atoms with van der Waals surface area (Å²) in [7, 11) is 1.77. The Bertz CT molecular complexity index is 887. The quantitative estimate of drug-likeness (QED) is 0.610. The normalized spacial score (nSPS) is 20.2. The van der Waals surface area contributed by atoms with Gasteiger partial charge in [-0.1, -0.05) is 18.7 Å². The van der Waals surface area contributed by atoms with Crippen molar-refractivity contribution < 1.29 is 4.79 Å². The molecule has 2 aromatic heterocycles. The van der Waals surface area contributed by atoms with E-state index < -0.39 is 0 Å². The number of fused-ring (bicyclic) bond motifs is 3. The lowest BCUT2D eigenvalue weighted by Crippen LogP contribution is -2.40. The maximum Gasteiger partial charge on any atom is 0.262 e. The highest BCUT2D eigenvalue weighted by Gasteiger charge is 2.24. The highest BCUT2D eigenvalue weighted by molar-refractivity contribution is 7.99. The summed E-state index contributed by atoms with van der Waals surface area (Å²) in [5.74, 6) is 1.08. The van der Waals surface area contributed by atoms with Crippen molar-refractivity contribution in [2.45, 2.75) is 44.2 Å². The zero-order valence-electron chi connectivity index (χ0n) is 14.7. The van der Waals surface area contributed by atoms with Crippen molar-refractivity contribution in [3.05, 3.63) is 20.8 Å². The van der Waals surface area contributed by atoms with Crippen LogP contribution in [0.3, 0.4) is 0 Å². The van der Waals surface area contributed by atoms with Gasteiger partial charge in [0.15, 0.2) is 5.16 Å². The molecule has 1 fully saturated rings. The number of likely N-dealkylation sites (tertiary alicyclic amines) is 1. The first-order chi connectivity index (χ1) is 12.0. The Morgan fingerprint density at radius 3 is 3.00 bits per heavy atom. The average molecular weight is 378 g/mol. The minimum atomic E-state index is 0.0333. The fraction of sp³-hybridized carbons (Fsp3) is 0.611. The van der Waals surface area contributed by atoms with Crippen molar-refractivity contribution in [3.8, 4) is 0 Å². The Labute approximate surface area is 155 Å². The maximum atomic E-state index is 12.8. The fourth-order valence-electron chi connectivity index (χ4n) is 3.87. The number of rotatable bonds is 3. The summed E-state index contributed by atoms with van der Waals surface area (Å²) in [6.45, 7) is 3.90. The number of hydrogen-bond donors (Lipinski definition) is 0. The van der Waals surface area contributed by atoms with Crippen LogP contribution in [0.5, 0.6) is 0 Å². The Morgan fingerprint density at radius 1 is 1.36 bits per heavy atom. The maximum absolute atomic E-state index is 12.8. The van der Waals surface area contributed by atoms with E-state index in [0.717, 1.165) is 49.0 Å². The molecule has 134 valence electrons. The Morgan fingerprint density at radius 2 is 2.20 bits per heavy atom. The molecule has 0 bridgehead atoms. The van der Waals surface area contributed by atoms with E-state index in [1.165, 1.54) is 28.6 Å². The molecule has 1 unspecified atom stereocenters. The van der Waals surface area contributed by atoms with Gasteiger partial charge in [-0.2, -0.15) is 0 Å². The smallest absolute Gasteiger partial charge is 0.262 e. The molecule has 4 rings (SSSR count). The number of carbonyl (C=O) groups is 1. The molecular formula is C18H23N3O2S2. The lowest BCUT2D eigenvalue weighted by molar-refractivity contribution is -0.130. The SMILES string of the molecule is CC1CCCN(C(=O)CSc2nc3sc4c(c3c(=O)n2C)CCC4)C1. The minimum absolute atomic E-state index is 0.0333. The Kier molecular flexibility index (Phi) is 4.62. The third-order valence-electron chi connectivity index (χ3n) is 5.24. The van der Waals surface area contributed by atoms with E-state index in [0.29, 0.717) is 16.8 Å². The monoisotopic (exact) mass is 377 g/mol. The van der Waals surface area contributed by atoms with E-state index in [-0.39, 0.29) is 11.5 Å². The summed E-state index contributed by atoms with van der Waals surface area (Å²) >= 11 is 3.04. The van der Waals surface area contributed by atoms with Crippen molar-refractivity contribution in [2.75, 3.05) is 18.8 Å². The number of amides is 1. The number of thioether (sulfide) groups is 1. The molecule has 1 aliphatic heterocycles. The molecule has 1 amide bonds. The summed E-state index contributed by atoms with van der Waals surface area (Å²) < 4.78 is 1.62. The van der Waals surface area contributed by atoms with E-state index in [4.69, 9.17) is 4.98 Å². The molecule has 0 spiro atoms. The summed E-state index contributed by atoms with van der Waals surface area (Å²) in [5, 5.41) is 1.45. The number of piperidine rings is 1. The highest BCUT2D eigenvalue weighted by Crippen LogP contribution is 2.35. The van der Waals surface area contributed by atoms with E-state index in [1.807, 2.05) is 4.90 Å². The van der Waals surface area contributed by atoms with Crippen LogP contribution in [0.1, 0.15) is 36.6 Å². The van der Waals surface area contributed by atoms with Gasteiger partial charge < -0.3 is 4.90 Å². The van der Waals surface area contributed by atoms with Crippen molar-refractivity contribution in [1.29, 1.82) is 0 Å². The van der Waals surface area contributed by atoms with Crippen LogP contribution in [-0.4, -0.2) is 39.2 Å². The van der Waals surface area contributed by atoms with Gasteiger partial charge in [0, 0.05) is 25.0 Å². The van der Waals surface area contributed by atoms with Crippen LogP contribution in [0.25, 0.3) is 10.2 Å². The molecule has 5 nitrogen and oxygen atoms in total. The Hall–Kier alpha value is -1.34. The lowest BCUT2D eigenvalue weighted by Gasteiger charge is -2.30. The van der Waals surface area contributed by atoms with E-state index >= 15 is 0 Å². The first-order valence-electron chi connectivity index (χ1n) is 8.96. The number of thiophene rings is 1. The zero-order chi connectivity index (χ0) is 17.6. The summed E-state index contributed by atoms with van der Waals surface area (Å²) in [4.78, 5) is 34.1. The van der Waals surface area contributed by atoms with Crippen molar-refractivity contribution in [1.82, 2.24) is 14.5 Å². The predicted molar refractivity (Wildman–Crippen MR) is 103 cm³/mol. The van der Waals surface area contributed by atoms with Crippen molar-refractivity contribution in [2.24, 2.45) is 13.0 Å². The number of nitrogens with zero attached hydrogens (tertiary/aromatic N) is 3. The molecule has 1 atom stereocenters. The molecule has 0 saturated carbocycles. The molecule has 2 aromatic rings. The van der Waals surface area contributed by atoms with Gasteiger partial charge in [-0.25, -0.2) is 4.98 Å². The van der Waals surface area contributed by atoms with Gasteiger partial charge >= 0.3 is 0 Å². The first kappa shape index (κ1) is 17.1. The predicted octanol–water partition coefficient (Wildman–Crippen LogP) is 2.83. The van der Waals surface area contributed by atoms with Crippen LogP contribution < -0.4 is 5.56 Å². The highest BCUT2D eigenvalue weighted by atomic mass is 32.2. The first-order valence-corrected chi connectivity index (χ1v) is 10.8. The topological polar surface area (TPSA) is 55.2 Å². The number of aromatic nitrogens is 2. The second-order valence-corrected chi connectivity index (χ2v) is 9.20. The van der Waals surface area contributed by atoms with Crippen LogP contribution in [0, 0.1) is 5.92 Å². The van der Waals surface area contributed by atoms with Crippen LogP contribution in [-0.2, 0) is 24.7 Å². The lowest BCUT2D eigenvalue weighted by atomic mass is 10.0. The van der Waals surface area contributed by atoms with E-state index in [9.17, 15) is 9.59 Å². The van der Waals surface area contributed by atoms with Gasteiger partial charge in [0.05, 0.1) is 11.1 Å². The zero-order valence-corrected chi connectivity index (χ0v) is 16.3. The minimum Gasteiger partial charge on any atom is -0.342 e. The van der Waals surface area contributed by atoms with Crippen molar-refractivity contribution >= 4 is 39.2 Å². The fourth-order valence-corrected chi connectivity index (χ4v) is 6.05. The van der Waals surface area contributed by atoms with Crippen LogP contribution in [0.15, 0.2) is 9.95 Å². The van der Waals surface area contributed by atoms with Crippen LogP contribution in [0.4, 0.5) is 0 Å². The number of aryl methyl sites for hydroxylation is 2. The average Bonchev–Trinajstić information content (AvgIpc) is 3.17. The van der Waals surface area contributed by atoms with E-state index in [2.05, 4.69) is 6.92 Å². The second-order valence-electron chi connectivity index (χ2n) is 7.17. The second kappa shape index (κ2) is 6.76. The van der Waals surface area contributed by atoms with Crippen LogP contribution >= 0.6 is 23.1 Å². The van der Waals surface area contributed by atoms with Gasteiger partial charge in [-0.15, -0.1) is 11.3 Å². The van der Waals surface area contributed by atoms with E-state index in [1.54, 1.807) is 23.0 Å². The molecule has 1 saturated heterocycles. The van der Waals surface area contributed by atoms with Crippen LogP contribution in [0.2, 0.25) is 0 Å². The summed E-state index contributed by atoms with van der Waals surface area (Å²) in [6.07, 6.45) is 5.48. The third-order valence-corrected chi connectivity index (χ3v) is 7.44. The third kappa shape index (κ3) is 3.12. The van der Waals surface area contributed by atoms with Gasteiger partial charge in [0.1, 0.15) is 4.83 Å². The van der Waals surface area contributed by atoms with Gasteiger partial charge in [0.25, 0.3) is 5.56 Å². The summed E-state index contributed by atoms with van der Waals surface area (Å²) in [6, 6.07) is 0. The standard InChI is InChI=1S/C18H23N3O2S2/c1-11-5-4-8-21(9-11)14(22)10-24-18-19-16-15(17(23)20(18)2)12-6-3-7-13(12)25-16/h11H,3-10H2,1-2H3. The molecule has 0 aromatic carbocycles. The summed E-state index contributed by atoms with van der Waals surface area (Å²) in [5.41, 5.74) is 1.24. The molecule has 0 N–H and O–H groups in total. The molecule has 0 radical (unpaired) electrons. The largest absolute Gasteiger partial charge is 0.342 e. The molecule has 25 heavy (non-hydrogen) atoms. The molecule has 1 aliphatic carbocycles. The number of carbonyl (C=O) groups excluding carboxylic acids is 1. The van der Waals surface area contributed by atoms with Gasteiger partial charge in [0.2, 0.25) is 5.91 Å². The number of hydrogen-bond acceptors (Lipinski definition) is 5. The molecular weight excluding hydrogens is 354 g/mol. The molecule has 3 heterocycles. The van der Waals surface area contributed by atoms with Gasteiger partial charge in [-0.05, 0) is 43.6 Å². The Balaban J connectivity index is 1.55. The van der Waals surface area contributed by atoms with Gasteiger partial charge in [-0.3, -0.25) is 14.2 Å². The molecule has 2 aliphatic rings. The van der Waals surface area contributed by atoms with Crippen molar-refractivity contribution in [3.63, 3.8) is 0 Å². The molecule has 7 heteroatoms.